The first kappa shape index (κ1) is 12.9. The third-order valence-corrected chi connectivity index (χ3v) is 3.77. The Balaban J connectivity index is 1.80. The van der Waals surface area contributed by atoms with E-state index in [-0.39, 0.29) is 11.9 Å². The minimum Gasteiger partial charge on any atom is -0.497 e. The highest BCUT2D eigenvalue weighted by atomic mass is 16.5. The maximum Gasteiger partial charge on any atom is 0.309 e. The van der Waals surface area contributed by atoms with Gasteiger partial charge in [-0.1, -0.05) is 25.5 Å². The van der Waals surface area contributed by atoms with Crippen molar-refractivity contribution < 1.29 is 14.3 Å². The smallest absolute Gasteiger partial charge is 0.309 e. The number of methoxy groups -OCH3 is 1. The minimum atomic E-state index is -0.0736. The molecular weight excluding hydrogens is 228 g/mol. The normalized spacial score (nSPS) is 16.8. The molecule has 0 aliphatic heterocycles. The average molecular weight is 248 g/mol. The zero-order chi connectivity index (χ0) is 13.0. The SMILES string of the molecule is COc1ccc(COC(=O)C(C)C2CCC2)cc1. The average Bonchev–Trinajstić information content (AvgIpc) is 2.34. The number of esters is 1. The number of carbonyl (C=O) groups excluding carboxylic acids is 1. The molecule has 1 aliphatic carbocycles. The first-order chi connectivity index (χ1) is 8.70. The van der Waals surface area contributed by atoms with E-state index in [2.05, 4.69) is 0 Å². The summed E-state index contributed by atoms with van der Waals surface area (Å²) < 4.78 is 10.4. The van der Waals surface area contributed by atoms with E-state index < -0.39 is 0 Å². The molecule has 0 saturated heterocycles. The van der Waals surface area contributed by atoms with Crippen LogP contribution in [0.5, 0.6) is 5.75 Å². The number of ether oxygens (including phenoxy) is 2. The number of rotatable bonds is 5. The summed E-state index contributed by atoms with van der Waals surface area (Å²) in [7, 11) is 1.63. The van der Waals surface area contributed by atoms with Crippen LogP contribution in [0.4, 0.5) is 0 Å². The molecule has 0 heterocycles. The van der Waals surface area contributed by atoms with E-state index in [4.69, 9.17) is 9.47 Å². The van der Waals surface area contributed by atoms with E-state index in [0.717, 1.165) is 11.3 Å². The highest BCUT2D eigenvalue weighted by Crippen LogP contribution is 2.33. The standard InChI is InChI=1S/C15H20O3/c1-11(13-4-3-5-13)15(16)18-10-12-6-8-14(17-2)9-7-12/h6-9,11,13H,3-5,10H2,1-2H3. The van der Waals surface area contributed by atoms with Crippen molar-refractivity contribution in [3.8, 4) is 5.75 Å². The van der Waals surface area contributed by atoms with Gasteiger partial charge in [-0.25, -0.2) is 0 Å². The zero-order valence-electron chi connectivity index (χ0n) is 11.0. The topological polar surface area (TPSA) is 35.5 Å². The van der Waals surface area contributed by atoms with E-state index in [1.807, 2.05) is 31.2 Å². The molecule has 98 valence electrons. The number of hydrogen-bond donors (Lipinski definition) is 0. The summed E-state index contributed by atoms with van der Waals surface area (Å²) in [5, 5.41) is 0. The second-order valence-corrected chi connectivity index (χ2v) is 4.94. The molecule has 1 aliphatic rings. The summed E-state index contributed by atoms with van der Waals surface area (Å²) >= 11 is 0. The Labute approximate surface area is 108 Å². The summed E-state index contributed by atoms with van der Waals surface area (Å²) in [6.07, 6.45) is 3.58. The Bertz CT molecular complexity index is 393. The fourth-order valence-electron chi connectivity index (χ4n) is 2.14. The van der Waals surface area contributed by atoms with Crippen LogP contribution in [0.25, 0.3) is 0 Å². The molecule has 0 amide bonds. The molecule has 0 radical (unpaired) electrons. The van der Waals surface area contributed by atoms with Crippen LogP contribution in [0.3, 0.4) is 0 Å². The van der Waals surface area contributed by atoms with Crippen LogP contribution < -0.4 is 4.74 Å². The van der Waals surface area contributed by atoms with Gasteiger partial charge in [-0.3, -0.25) is 4.79 Å². The van der Waals surface area contributed by atoms with Gasteiger partial charge in [-0.05, 0) is 36.5 Å². The fourth-order valence-corrected chi connectivity index (χ4v) is 2.14. The molecule has 2 rings (SSSR count). The van der Waals surface area contributed by atoms with Crippen LogP contribution in [0.15, 0.2) is 24.3 Å². The lowest BCUT2D eigenvalue weighted by Crippen LogP contribution is -2.27. The molecule has 3 heteroatoms. The maximum absolute atomic E-state index is 11.8. The quantitative estimate of drug-likeness (QED) is 0.751. The van der Waals surface area contributed by atoms with Crippen molar-refractivity contribution in [3.63, 3.8) is 0 Å². The molecule has 1 saturated carbocycles. The monoisotopic (exact) mass is 248 g/mol. The Hall–Kier alpha value is -1.51. The highest BCUT2D eigenvalue weighted by molar-refractivity contribution is 5.72. The van der Waals surface area contributed by atoms with Gasteiger partial charge in [0.2, 0.25) is 0 Å². The summed E-state index contributed by atoms with van der Waals surface area (Å²) in [5.74, 6) is 1.31. The van der Waals surface area contributed by atoms with Crippen LogP contribution in [-0.2, 0) is 16.1 Å². The predicted octanol–water partition coefficient (Wildman–Crippen LogP) is 3.17. The van der Waals surface area contributed by atoms with Gasteiger partial charge in [0.05, 0.1) is 13.0 Å². The molecule has 18 heavy (non-hydrogen) atoms. The Morgan fingerprint density at radius 3 is 2.50 bits per heavy atom. The summed E-state index contributed by atoms with van der Waals surface area (Å²) in [5.41, 5.74) is 0.991. The van der Waals surface area contributed by atoms with Gasteiger partial charge in [0.1, 0.15) is 12.4 Å². The molecule has 3 nitrogen and oxygen atoms in total. The van der Waals surface area contributed by atoms with Crippen molar-refractivity contribution >= 4 is 5.97 Å². The van der Waals surface area contributed by atoms with Crippen molar-refractivity contribution in [1.29, 1.82) is 0 Å². The van der Waals surface area contributed by atoms with Crippen LogP contribution in [0.2, 0.25) is 0 Å². The maximum atomic E-state index is 11.8. The lowest BCUT2D eigenvalue weighted by molar-refractivity contribution is -0.152. The third kappa shape index (κ3) is 3.03. The van der Waals surface area contributed by atoms with Crippen LogP contribution in [-0.4, -0.2) is 13.1 Å². The lowest BCUT2D eigenvalue weighted by Gasteiger charge is -2.29. The van der Waals surface area contributed by atoms with E-state index >= 15 is 0 Å². The largest absolute Gasteiger partial charge is 0.497 e. The fraction of sp³-hybridized carbons (Fsp3) is 0.533. The molecule has 0 aromatic heterocycles. The van der Waals surface area contributed by atoms with Crippen molar-refractivity contribution in [2.24, 2.45) is 11.8 Å². The molecule has 1 fully saturated rings. The van der Waals surface area contributed by atoms with Gasteiger partial charge >= 0.3 is 5.97 Å². The second-order valence-electron chi connectivity index (χ2n) is 4.94. The van der Waals surface area contributed by atoms with E-state index in [1.54, 1.807) is 7.11 Å². The van der Waals surface area contributed by atoms with Gasteiger partial charge in [0, 0.05) is 0 Å². The predicted molar refractivity (Wildman–Crippen MR) is 69.3 cm³/mol. The lowest BCUT2D eigenvalue weighted by atomic mass is 9.77. The Morgan fingerprint density at radius 2 is 2.00 bits per heavy atom. The third-order valence-electron chi connectivity index (χ3n) is 3.77. The van der Waals surface area contributed by atoms with Crippen LogP contribution in [0.1, 0.15) is 31.7 Å². The summed E-state index contributed by atoms with van der Waals surface area (Å²) in [6, 6.07) is 7.58. The zero-order valence-corrected chi connectivity index (χ0v) is 11.0. The van der Waals surface area contributed by atoms with Gasteiger partial charge in [-0.2, -0.15) is 0 Å². The summed E-state index contributed by atoms with van der Waals surface area (Å²) in [6.45, 7) is 2.32. The molecule has 1 atom stereocenters. The molecule has 0 N–H and O–H groups in total. The number of benzene rings is 1. The molecule has 1 aromatic rings. The van der Waals surface area contributed by atoms with Crippen molar-refractivity contribution in [1.82, 2.24) is 0 Å². The van der Waals surface area contributed by atoms with Crippen LogP contribution in [0, 0.1) is 11.8 Å². The molecule has 1 unspecified atom stereocenters. The van der Waals surface area contributed by atoms with Gasteiger partial charge < -0.3 is 9.47 Å². The first-order valence-electron chi connectivity index (χ1n) is 6.50. The number of hydrogen-bond acceptors (Lipinski definition) is 3. The molecule has 1 aromatic carbocycles. The van der Waals surface area contributed by atoms with Crippen molar-refractivity contribution in [2.45, 2.75) is 32.8 Å². The molecular formula is C15H20O3. The second kappa shape index (κ2) is 5.89. The molecule has 0 spiro atoms. The Morgan fingerprint density at radius 1 is 1.33 bits per heavy atom. The first-order valence-corrected chi connectivity index (χ1v) is 6.50. The Kier molecular flexibility index (Phi) is 4.24. The highest BCUT2D eigenvalue weighted by Gasteiger charge is 2.29. The van der Waals surface area contributed by atoms with E-state index in [0.29, 0.717) is 12.5 Å². The van der Waals surface area contributed by atoms with E-state index in [9.17, 15) is 4.79 Å². The minimum absolute atomic E-state index is 0.0389. The number of carbonyl (C=O) groups is 1. The van der Waals surface area contributed by atoms with Gasteiger partial charge in [0.25, 0.3) is 0 Å². The van der Waals surface area contributed by atoms with Crippen LogP contribution >= 0.6 is 0 Å². The summed E-state index contributed by atoms with van der Waals surface area (Å²) in [4.78, 5) is 11.8. The van der Waals surface area contributed by atoms with Gasteiger partial charge in [0.15, 0.2) is 0 Å². The van der Waals surface area contributed by atoms with Gasteiger partial charge in [-0.15, -0.1) is 0 Å². The molecule has 0 bridgehead atoms. The van der Waals surface area contributed by atoms with Crippen molar-refractivity contribution in [3.05, 3.63) is 29.8 Å². The van der Waals surface area contributed by atoms with E-state index in [1.165, 1.54) is 19.3 Å². The van der Waals surface area contributed by atoms with Crippen molar-refractivity contribution in [2.75, 3.05) is 7.11 Å².